The molecule has 2 atom stereocenters. The van der Waals surface area contributed by atoms with Crippen LogP contribution in [0.25, 0.3) is 0 Å². The van der Waals surface area contributed by atoms with Crippen LogP contribution >= 0.6 is 11.6 Å². The molecule has 0 aliphatic carbocycles. The quantitative estimate of drug-likeness (QED) is 0.811. The number of aliphatic hydroxyl groups is 1. The number of rotatable bonds is 7. The molecular weight excluding hydrogens is 269 g/mol. The van der Waals surface area contributed by atoms with Gasteiger partial charge in [-0.2, -0.15) is 0 Å². The molecule has 1 rings (SSSR count). The topological polar surface area (TPSA) is 41.5 Å². The summed E-state index contributed by atoms with van der Waals surface area (Å²) in [6.45, 7) is 6.19. The lowest BCUT2D eigenvalue weighted by Crippen LogP contribution is -2.33. The summed E-state index contributed by atoms with van der Waals surface area (Å²) < 4.78 is 19.0. The number of hydrogen-bond donors (Lipinski definition) is 2. The molecule has 2 N–H and O–H groups in total. The molecule has 0 radical (unpaired) electrons. The summed E-state index contributed by atoms with van der Waals surface area (Å²) >= 11 is 5.98. The molecule has 0 heterocycles. The fourth-order valence-corrected chi connectivity index (χ4v) is 2.03. The summed E-state index contributed by atoms with van der Waals surface area (Å²) in [5.41, 5.74) is 0.418. The molecule has 1 aromatic rings. The van der Waals surface area contributed by atoms with Crippen LogP contribution in [0.1, 0.15) is 32.4 Å². The van der Waals surface area contributed by atoms with Crippen molar-refractivity contribution in [1.82, 2.24) is 5.32 Å². The largest absolute Gasteiger partial charge is 0.389 e. The maximum absolute atomic E-state index is 13.7. The van der Waals surface area contributed by atoms with Gasteiger partial charge in [0.2, 0.25) is 0 Å². The van der Waals surface area contributed by atoms with Gasteiger partial charge in [-0.1, -0.05) is 17.7 Å². The molecule has 0 saturated heterocycles. The van der Waals surface area contributed by atoms with Gasteiger partial charge in [0.1, 0.15) is 5.82 Å². The predicted molar refractivity (Wildman–Crippen MR) is 74.9 cm³/mol. The minimum absolute atomic E-state index is 0.0769. The third kappa shape index (κ3) is 5.45. The summed E-state index contributed by atoms with van der Waals surface area (Å²) in [6, 6.07) is 4.32. The smallest absolute Gasteiger partial charge is 0.129 e. The Morgan fingerprint density at radius 1 is 1.37 bits per heavy atom. The number of halogens is 2. The first-order chi connectivity index (χ1) is 8.91. The van der Waals surface area contributed by atoms with E-state index in [-0.39, 0.29) is 24.6 Å². The van der Waals surface area contributed by atoms with Crippen molar-refractivity contribution in [3.8, 4) is 0 Å². The monoisotopic (exact) mass is 289 g/mol. The summed E-state index contributed by atoms with van der Waals surface area (Å²) in [7, 11) is 0. The zero-order chi connectivity index (χ0) is 14.4. The average molecular weight is 290 g/mol. The molecule has 0 aromatic heterocycles. The summed E-state index contributed by atoms with van der Waals surface area (Å²) in [5, 5.41) is 13.2. The van der Waals surface area contributed by atoms with Crippen LogP contribution in [0.2, 0.25) is 5.02 Å². The van der Waals surface area contributed by atoms with Gasteiger partial charge < -0.3 is 15.2 Å². The zero-order valence-corrected chi connectivity index (χ0v) is 12.2. The summed E-state index contributed by atoms with van der Waals surface area (Å²) in [5.74, 6) is -0.347. The predicted octanol–water partition coefficient (Wildman–Crippen LogP) is 2.92. The van der Waals surface area contributed by atoms with Crippen molar-refractivity contribution in [1.29, 1.82) is 0 Å². The van der Waals surface area contributed by atoms with E-state index in [0.29, 0.717) is 17.1 Å². The van der Waals surface area contributed by atoms with Gasteiger partial charge in [-0.3, -0.25) is 0 Å². The first-order valence-corrected chi connectivity index (χ1v) is 6.76. The SMILES string of the molecule is CC(C)OCC(O)CNC(C)c1c(F)cccc1Cl. The molecule has 3 nitrogen and oxygen atoms in total. The second-order valence-corrected chi connectivity index (χ2v) is 5.21. The van der Waals surface area contributed by atoms with Crippen LogP contribution in [-0.2, 0) is 4.74 Å². The van der Waals surface area contributed by atoms with Crippen molar-refractivity contribution in [3.63, 3.8) is 0 Å². The molecule has 0 fully saturated rings. The third-order valence-electron chi connectivity index (χ3n) is 2.71. The second-order valence-electron chi connectivity index (χ2n) is 4.80. The third-order valence-corrected chi connectivity index (χ3v) is 3.04. The Balaban J connectivity index is 2.49. The molecule has 0 spiro atoms. The Kier molecular flexibility index (Phi) is 6.72. The summed E-state index contributed by atoms with van der Waals surface area (Å²) in [4.78, 5) is 0. The van der Waals surface area contributed by atoms with Gasteiger partial charge in [-0.15, -0.1) is 0 Å². The lowest BCUT2D eigenvalue weighted by molar-refractivity contribution is 0.00557. The number of nitrogens with one attached hydrogen (secondary N) is 1. The van der Waals surface area contributed by atoms with E-state index in [1.165, 1.54) is 6.07 Å². The standard InChI is InChI=1S/C14H21ClFNO2/c1-9(2)19-8-11(18)7-17-10(3)14-12(15)5-4-6-13(14)16/h4-6,9-11,17-18H,7-8H2,1-3H3. The van der Waals surface area contributed by atoms with Crippen molar-refractivity contribution < 1.29 is 14.2 Å². The van der Waals surface area contributed by atoms with E-state index >= 15 is 0 Å². The number of aliphatic hydroxyl groups excluding tert-OH is 1. The summed E-state index contributed by atoms with van der Waals surface area (Å²) in [6.07, 6.45) is -0.552. The van der Waals surface area contributed by atoms with Gasteiger partial charge >= 0.3 is 0 Å². The highest BCUT2D eigenvalue weighted by molar-refractivity contribution is 6.31. The fraction of sp³-hybridized carbons (Fsp3) is 0.571. The van der Waals surface area contributed by atoms with Gasteiger partial charge in [0.25, 0.3) is 0 Å². The first-order valence-electron chi connectivity index (χ1n) is 6.38. The molecule has 19 heavy (non-hydrogen) atoms. The van der Waals surface area contributed by atoms with Crippen molar-refractivity contribution in [3.05, 3.63) is 34.6 Å². The molecule has 2 unspecified atom stereocenters. The average Bonchev–Trinajstić information content (AvgIpc) is 2.33. The van der Waals surface area contributed by atoms with Crippen molar-refractivity contribution in [2.45, 2.75) is 39.0 Å². The molecule has 0 saturated carbocycles. The van der Waals surface area contributed by atoms with Gasteiger partial charge in [-0.05, 0) is 32.9 Å². The molecule has 0 aliphatic heterocycles. The van der Waals surface area contributed by atoms with E-state index < -0.39 is 6.10 Å². The number of benzene rings is 1. The number of hydrogen-bond acceptors (Lipinski definition) is 3. The highest BCUT2D eigenvalue weighted by atomic mass is 35.5. The van der Waals surface area contributed by atoms with E-state index in [1.54, 1.807) is 19.1 Å². The van der Waals surface area contributed by atoms with Crippen LogP contribution in [-0.4, -0.2) is 30.5 Å². The fourth-order valence-electron chi connectivity index (χ4n) is 1.70. The van der Waals surface area contributed by atoms with Crippen molar-refractivity contribution in [2.75, 3.05) is 13.2 Å². The molecule has 0 bridgehead atoms. The maximum atomic E-state index is 13.7. The van der Waals surface area contributed by atoms with Crippen LogP contribution in [0.15, 0.2) is 18.2 Å². The molecule has 0 amide bonds. The Hall–Kier alpha value is -0.680. The van der Waals surface area contributed by atoms with Gasteiger partial charge in [0.15, 0.2) is 0 Å². The van der Waals surface area contributed by atoms with Gasteiger partial charge in [0, 0.05) is 23.2 Å². The second kappa shape index (κ2) is 7.80. The Labute approximate surface area is 118 Å². The molecule has 0 aliphatic rings. The van der Waals surface area contributed by atoms with Crippen LogP contribution in [0, 0.1) is 5.82 Å². The normalized spacial score (nSPS) is 14.7. The van der Waals surface area contributed by atoms with Crippen LogP contribution in [0.5, 0.6) is 0 Å². The number of ether oxygens (including phenoxy) is 1. The maximum Gasteiger partial charge on any atom is 0.129 e. The molecular formula is C14H21ClFNO2. The van der Waals surface area contributed by atoms with Crippen molar-refractivity contribution in [2.24, 2.45) is 0 Å². The van der Waals surface area contributed by atoms with Crippen LogP contribution in [0.4, 0.5) is 4.39 Å². The Bertz CT molecular complexity index is 381. The van der Waals surface area contributed by atoms with E-state index in [9.17, 15) is 9.50 Å². The van der Waals surface area contributed by atoms with E-state index in [0.717, 1.165) is 0 Å². The highest BCUT2D eigenvalue weighted by Crippen LogP contribution is 2.25. The van der Waals surface area contributed by atoms with E-state index in [4.69, 9.17) is 16.3 Å². The van der Waals surface area contributed by atoms with Crippen LogP contribution in [0.3, 0.4) is 0 Å². The van der Waals surface area contributed by atoms with Crippen LogP contribution < -0.4 is 5.32 Å². The van der Waals surface area contributed by atoms with Gasteiger partial charge in [0.05, 0.1) is 18.8 Å². The zero-order valence-electron chi connectivity index (χ0n) is 11.5. The van der Waals surface area contributed by atoms with E-state index in [2.05, 4.69) is 5.32 Å². The highest BCUT2D eigenvalue weighted by Gasteiger charge is 2.15. The first kappa shape index (κ1) is 16.4. The van der Waals surface area contributed by atoms with E-state index in [1.807, 2.05) is 13.8 Å². The lowest BCUT2D eigenvalue weighted by atomic mass is 10.1. The Morgan fingerprint density at radius 3 is 2.63 bits per heavy atom. The molecule has 108 valence electrons. The molecule has 5 heteroatoms. The van der Waals surface area contributed by atoms with Crippen molar-refractivity contribution >= 4 is 11.6 Å². The molecule has 1 aromatic carbocycles. The minimum Gasteiger partial charge on any atom is -0.389 e. The minimum atomic E-state index is -0.629. The Morgan fingerprint density at radius 2 is 2.05 bits per heavy atom. The van der Waals surface area contributed by atoms with Gasteiger partial charge in [-0.25, -0.2) is 4.39 Å². The lowest BCUT2D eigenvalue weighted by Gasteiger charge is -2.19.